The van der Waals surface area contributed by atoms with Crippen LogP contribution in [0.25, 0.3) is 11.2 Å². The lowest BCUT2D eigenvalue weighted by atomic mass is 10.1. The highest BCUT2D eigenvalue weighted by atomic mass is 31.2. The molecule has 21 heteroatoms. The number of hydrogen-bond donors (Lipinski definition) is 5. The highest BCUT2D eigenvalue weighted by Gasteiger charge is 2.28. The molecule has 59 heavy (non-hydrogen) atoms. The number of amides is 2. The Morgan fingerprint density at radius 3 is 2.29 bits per heavy atom. The van der Waals surface area contributed by atoms with Gasteiger partial charge in [0.2, 0.25) is 5.95 Å². The third-order valence-corrected chi connectivity index (χ3v) is 8.91. The number of phosphoric acid groups is 1. The maximum Gasteiger partial charge on any atom is 0.604 e. The molecule has 0 aliphatic heterocycles. The number of nitrogens with zero attached hydrogens (tertiary/aromatic N) is 3. The number of benzene rings is 3. The number of para-hydroxylation sites is 1. The number of ether oxygens (including phenoxy) is 2. The smallest absolute Gasteiger partial charge is 0.480 e. The predicted octanol–water partition coefficient (Wildman–Crippen LogP) is 3.22. The zero-order valence-electron chi connectivity index (χ0n) is 30.3. The molecule has 5 aromatic rings. The molecule has 0 bridgehead atoms. The fourth-order valence-corrected chi connectivity index (χ4v) is 5.68. The molecule has 0 aliphatic rings. The van der Waals surface area contributed by atoms with Crippen molar-refractivity contribution in [1.29, 1.82) is 0 Å². The molecule has 2 heterocycles. The van der Waals surface area contributed by atoms with E-state index in [-0.39, 0.29) is 70.6 Å². The van der Waals surface area contributed by atoms with Gasteiger partial charge in [0.25, 0.3) is 17.4 Å². The average Bonchev–Trinajstić information content (AvgIpc) is 3.20. The third-order valence-electron chi connectivity index (χ3n) is 7.75. The van der Waals surface area contributed by atoms with Crippen LogP contribution in [-0.4, -0.2) is 67.4 Å². The number of carbonyl (C=O) groups excluding carboxylic acids is 4. The summed E-state index contributed by atoms with van der Waals surface area (Å²) >= 11 is 0. The number of rotatable bonds is 17. The van der Waals surface area contributed by atoms with Crippen LogP contribution in [0.15, 0.2) is 83.8 Å². The molecule has 0 spiro atoms. The van der Waals surface area contributed by atoms with Gasteiger partial charge in [-0.15, -0.1) is 0 Å². The molecule has 2 amide bonds. The number of carbonyl (C=O) groups is 5. The third kappa shape index (κ3) is 11.5. The maximum absolute atomic E-state index is 13.0. The minimum Gasteiger partial charge on any atom is -0.480 e. The Morgan fingerprint density at radius 1 is 0.915 bits per heavy atom. The van der Waals surface area contributed by atoms with Crippen LogP contribution in [0.1, 0.15) is 49.6 Å². The summed E-state index contributed by atoms with van der Waals surface area (Å²) in [5.74, 6) is -4.90. The minimum absolute atomic E-state index is 0.0301. The second-order valence-electron chi connectivity index (χ2n) is 11.8. The van der Waals surface area contributed by atoms with Crippen molar-refractivity contribution >= 4 is 60.3 Å². The van der Waals surface area contributed by atoms with Crippen molar-refractivity contribution in [3.63, 3.8) is 0 Å². The first-order valence-corrected chi connectivity index (χ1v) is 18.3. The van der Waals surface area contributed by atoms with Crippen LogP contribution in [0, 0.1) is 25.1 Å². The number of fused-ring (bicyclic) bond motifs is 1. The van der Waals surface area contributed by atoms with Crippen molar-refractivity contribution in [3.8, 4) is 36.6 Å². The number of H-pyrrole nitrogens is 1. The van der Waals surface area contributed by atoms with Crippen molar-refractivity contribution in [2.24, 2.45) is 0 Å². The van der Waals surface area contributed by atoms with E-state index in [0.29, 0.717) is 5.56 Å². The van der Waals surface area contributed by atoms with Crippen LogP contribution in [0.2, 0.25) is 0 Å². The molecule has 0 unspecified atom stereocenters. The van der Waals surface area contributed by atoms with Gasteiger partial charge in [-0.25, -0.2) is 24.1 Å². The van der Waals surface area contributed by atoms with Crippen molar-refractivity contribution in [1.82, 2.24) is 25.3 Å². The Hall–Kier alpha value is -8.06. The summed E-state index contributed by atoms with van der Waals surface area (Å²) in [5.41, 5.74) is 5.19. The summed E-state index contributed by atoms with van der Waals surface area (Å²) < 4.78 is 37.0. The molecule has 0 aliphatic carbocycles. The quantitative estimate of drug-likeness (QED) is 0.0389. The zero-order chi connectivity index (χ0) is 42.5. The second kappa shape index (κ2) is 19.2. The van der Waals surface area contributed by atoms with E-state index in [0.717, 1.165) is 6.20 Å². The highest BCUT2D eigenvalue weighted by Crippen LogP contribution is 2.48. The molecule has 0 saturated carbocycles. The van der Waals surface area contributed by atoms with Gasteiger partial charge in [0.05, 0.1) is 12.8 Å². The minimum atomic E-state index is -4.13. The largest absolute Gasteiger partial charge is 0.604 e. The highest BCUT2D eigenvalue weighted by molar-refractivity contribution is 7.48. The molecular formula is C38H30N7O13P. The fraction of sp³-hybridized carbons (Fsp3) is 0.132. The lowest BCUT2D eigenvalue weighted by molar-refractivity contribution is -0.140. The van der Waals surface area contributed by atoms with E-state index in [1.807, 2.05) is 0 Å². The number of aromatic nitrogens is 4. The molecule has 2 aromatic heterocycles. The number of hydrogen-bond acceptors (Lipinski definition) is 16. The molecule has 5 rings (SSSR count). The monoisotopic (exact) mass is 823 g/mol. The topological polar surface area (TPSA) is 290 Å². The fourth-order valence-electron chi connectivity index (χ4n) is 4.96. The number of anilines is 2. The van der Waals surface area contributed by atoms with Crippen LogP contribution in [-0.2, 0) is 34.1 Å². The van der Waals surface area contributed by atoms with E-state index < -0.39 is 55.6 Å². The number of phosphoric ester groups is 1. The number of esters is 2. The van der Waals surface area contributed by atoms with E-state index in [4.69, 9.17) is 32.6 Å². The summed E-state index contributed by atoms with van der Waals surface area (Å²) in [5, 5.41) is 14.6. The molecule has 0 saturated heterocycles. The summed E-state index contributed by atoms with van der Waals surface area (Å²) in [6, 6.07) is 15.7. The second-order valence-corrected chi connectivity index (χ2v) is 13.3. The first kappa shape index (κ1) is 42.1. The molecule has 0 radical (unpaired) electrons. The Labute approximate surface area is 333 Å². The van der Waals surface area contributed by atoms with Crippen molar-refractivity contribution in [2.45, 2.75) is 25.3 Å². The van der Waals surface area contributed by atoms with Gasteiger partial charge < -0.3 is 40.0 Å². The number of nitrogen functional groups attached to an aromatic ring is 1. The number of carboxylic acids is 1. The van der Waals surface area contributed by atoms with Crippen LogP contribution in [0.5, 0.6) is 11.5 Å². The van der Waals surface area contributed by atoms with Crippen molar-refractivity contribution < 1.29 is 56.7 Å². The normalized spacial score (nSPS) is 11.2. The van der Waals surface area contributed by atoms with Crippen LogP contribution in [0.3, 0.4) is 0 Å². The van der Waals surface area contributed by atoms with Gasteiger partial charge in [-0.3, -0.25) is 28.7 Å². The SMILES string of the molecule is C#COP(=O)(OC#C)OCCc1ccc(OC(=O)c2ccccc2OC(=O)CC[C@H](NC(=O)c2ccc(NC(=O)c3cnc4nc(N)[nH]c(=O)c4n3)cc2)C(=O)O)cc1. The Balaban J connectivity index is 1.11. The standard InChI is InChI=1S/C38H30N7O13P/c1-3-54-59(53,55-4-2)56-20-19-22-9-15-25(16-10-22)57-37(52)26-7-5-6-8-29(26)58-30(46)18-17-27(36(50)51)43-33(47)23-11-13-24(14-12-23)41-34(48)28-21-40-32-31(42-28)35(49)45-38(39)44-32/h1-2,5-16,21,27H,17-20H2,(H,41,48)(H,43,47)(H,50,51)(H3,39,40,44,45,49)/t27-/m0/s1. The van der Waals surface area contributed by atoms with E-state index in [2.05, 4.69) is 39.6 Å². The van der Waals surface area contributed by atoms with Gasteiger partial charge in [-0.05, 0) is 66.9 Å². The lowest BCUT2D eigenvalue weighted by Crippen LogP contribution is -2.41. The van der Waals surface area contributed by atoms with Crippen LogP contribution >= 0.6 is 7.82 Å². The predicted molar refractivity (Wildman–Crippen MR) is 205 cm³/mol. The number of terminal acetylenes is 2. The molecule has 6 N–H and O–H groups in total. The first-order chi connectivity index (χ1) is 28.3. The van der Waals surface area contributed by atoms with Gasteiger partial charge in [-0.2, -0.15) is 4.98 Å². The summed E-state index contributed by atoms with van der Waals surface area (Å²) in [6.45, 7) is -0.137. The zero-order valence-corrected chi connectivity index (χ0v) is 31.2. The molecule has 3 aromatic carbocycles. The van der Waals surface area contributed by atoms with E-state index >= 15 is 0 Å². The summed E-state index contributed by atoms with van der Waals surface area (Å²) in [7, 11) is -4.13. The van der Waals surface area contributed by atoms with Gasteiger partial charge >= 0.3 is 25.7 Å². The van der Waals surface area contributed by atoms with E-state index in [9.17, 15) is 38.4 Å². The van der Waals surface area contributed by atoms with Crippen molar-refractivity contribution in [3.05, 3.63) is 112 Å². The number of nitrogens with one attached hydrogen (secondary N) is 3. The summed E-state index contributed by atoms with van der Waals surface area (Å²) in [4.78, 5) is 89.6. The van der Waals surface area contributed by atoms with E-state index in [1.54, 1.807) is 24.3 Å². The molecular weight excluding hydrogens is 793 g/mol. The van der Waals surface area contributed by atoms with Gasteiger partial charge in [0.1, 0.15) is 41.0 Å². The van der Waals surface area contributed by atoms with Crippen molar-refractivity contribution in [2.75, 3.05) is 17.7 Å². The van der Waals surface area contributed by atoms with E-state index in [1.165, 1.54) is 60.7 Å². The Bertz CT molecular complexity index is 2580. The molecule has 300 valence electrons. The van der Waals surface area contributed by atoms with Gasteiger partial charge in [-0.1, -0.05) is 37.1 Å². The number of aliphatic carboxylic acids is 1. The maximum atomic E-state index is 13.0. The van der Waals surface area contributed by atoms with Crippen LogP contribution < -0.4 is 31.4 Å². The first-order valence-electron chi connectivity index (χ1n) is 16.9. The Kier molecular flexibility index (Phi) is 13.7. The molecule has 0 fully saturated rings. The summed E-state index contributed by atoms with van der Waals surface area (Å²) in [6.07, 6.45) is 13.8. The van der Waals surface area contributed by atoms with Gasteiger partial charge in [0.15, 0.2) is 11.2 Å². The number of nitrogens with two attached hydrogens (primary N) is 1. The number of aromatic amines is 1. The molecule has 1 atom stereocenters. The average molecular weight is 824 g/mol. The van der Waals surface area contributed by atoms with Gasteiger partial charge in [0, 0.05) is 17.7 Å². The number of carboxylic acid groups (broad SMARTS) is 1. The Morgan fingerprint density at radius 2 is 1.61 bits per heavy atom. The van der Waals surface area contributed by atoms with Crippen LogP contribution in [0.4, 0.5) is 11.6 Å². The lowest BCUT2D eigenvalue weighted by Gasteiger charge is -2.15. The molecule has 20 nitrogen and oxygen atoms in total.